The first-order chi connectivity index (χ1) is 10.9. The minimum atomic E-state index is -0.589. The van der Waals surface area contributed by atoms with Crippen LogP contribution in [-0.4, -0.2) is 26.6 Å². The Balaban J connectivity index is 2.11. The van der Waals surface area contributed by atoms with Gasteiger partial charge in [-0.3, -0.25) is 19.7 Å². The monoisotopic (exact) mass is 462 g/mol. The highest BCUT2D eigenvalue weighted by Gasteiger charge is 2.20. The molecule has 0 aliphatic rings. The van der Waals surface area contributed by atoms with Crippen LogP contribution in [-0.2, 0) is 4.79 Å². The minimum Gasteiger partial charge on any atom is -0.319 e. The van der Waals surface area contributed by atoms with Gasteiger partial charge in [0, 0.05) is 27.3 Å². The molecule has 0 aliphatic heterocycles. The Labute approximate surface area is 150 Å². The fourth-order valence-electron chi connectivity index (χ4n) is 1.56. The van der Waals surface area contributed by atoms with Crippen LogP contribution in [0.2, 0.25) is 0 Å². The zero-order valence-corrected chi connectivity index (χ0v) is 15.2. The highest BCUT2D eigenvalue weighted by molar-refractivity contribution is 9.11. The largest absolute Gasteiger partial charge is 0.319 e. The van der Waals surface area contributed by atoms with Gasteiger partial charge in [0.25, 0.3) is 11.2 Å². The van der Waals surface area contributed by atoms with E-state index in [1.165, 1.54) is 18.3 Å². The van der Waals surface area contributed by atoms with Gasteiger partial charge in [-0.1, -0.05) is 27.7 Å². The van der Waals surface area contributed by atoms with Crippen molar-refractivity contribution in [1.82, 2.24) is 9.97 Å². The van der Waals surface area contributed by atoms with Crippen molar-refractivity contribution in [1.29, 1.82) is 0 Å². The van der Waals surface area contributed by atoms with Gasteiger partial charge in [-0.15, -0.1) is 0 Å². The summed E-state index contributed by atoms with van der Waals surface area (Å²) in [7, 11) is 0. The Bertz CT molecular complexity index is 827. The second-order valence-corrected chi connectivity index (χ2v) is 6.85. The number of hydrogen-bond donors (Lipinski definition) is 2. The molecule has 120 valence electrons. The molecule has 2 rings (SSSR count). The summed E-state index contributed by atoms with van der Waals surface area (Å²) in [6.07, 6.45) is 1.33. The van der Waals surface area contributed by atoms with Gasteiger partial charge < -0.3 is 10.3 Å². The van der Waals surface area contributed by atoms with Crippen molar-refractivity contribution in [2.45, 2.75) is 5.16 Å². The maximum Gasteiger partial charge on any atom is 0.295 e. The molecule has 8 nitrogen and oxygen atoms in total. The number of hydrogen-bond acceptors (Lipinski definition) is 6. The Morgan fingerprint density at radius 3 is 2.83 bits per heavy atom. The number of rotatable bonds is 5. The van der Waals surface area contributed by atoms with E-state index in [1.54, 1.807) is 6.07 Å². The normalized spacial score (nSPS) is 10.3. The van der Waals surface area contributed by atoms with E-state index >= 15 is 0 Å². The number of aromatic amines is 1. The number of aromatic nitrogens is 2. The third-order valence-electron chi connectivity index (χ3n) is 2.48. The molecule has 0 saturated heterocycles. The van der Waals surface area contributed by atoms with Crippen molar-refractivity contribution >= 4 is 60.9 Å². The maximum atomic E-state index is 12.0. The van der Waals surface area contributed by atoms with Crippen molar-refractivity contribution < 1.29 is 9.72 Å². The second-order valence-electron chi connectivity index (χ2n) is 4.11. The number of carbonyl (C=O) groups is 1. The number of amides is 1. The predicted molar refractivity (Wildman–Crippen MR) is 92.7 cm³/mol. The number of nitrogens with one attached hydrogen (secondary N) is 2. The average molecular weight is 464 g/mol. The topological polar surface area (TPSA) is 118 Å². The highest BCUT2D eigenvalue weighted by Crippen LogP contribution is 2.36. The molecule has 1 aromatic carbocycles. The predicted octanol–water partition coefficient (Wildman–Crippen LogP) is 2.93. The number of anilines is 1. The van der Waals surface area contributed by atoms with Crippen LogP contribution in [0.1, 0.15) is 0 Å². The van der Waals surface area contributed by atoms with Gasteiger partial charge in [0.15, 0.2) is 5.16 Å². The lowest BCUT2D eigenvalue weighted by Gasteiger charge is -2.08. The van der Waals surface area contributed by atoms with Crippen molar-refractivity contribution in [2.75, 3.05) is 11.1 Å². The summed E-state index contributed by atoms with van der Waals surface area (Å²) in [6.45, 7) is 0. The van der Waals surface area contributed by atoms with Crippen molar-refractivity contribution in [3.63, 3.8) is 0 Å². The van der Waals surface area contributed by atoms with Crippen molar-refractivity contribution in [3.05, 3.63) is 53.8 Å². The number of nitrogens with zero attached hydrogens (tertiary/aromatic N) is 2. The third kappa shape index (κ3) is 4.88. The number of nitro groups is 1. The first-order valence-corrected chi connectivity index (χ1v) is 8.55. The quantitative estimate of drug-likeness (QED) is 0.304. The smallest absolute Gasteiger partial charge is 0.295 e. The first kappa shape index (κ1) is 17.6. The summed E-state index contributed by atoms with van der Waals surface area (Å²) in [6, 6.07) is 4.14. The summed E-state index contributed by atoms with van der Waals surface area (Å²) in [4.78, 5) is 40.0. The highest BCUT2D eigenvalue weighted by atomic mass is 79.9. The van der Waals surface area contributed by atoms with Crippen LogP contribution in [0.4, 0.5) is 11.4 Å². The van der Waals surface area contributed by atoms with Gasteiger partial charge in [0.1, 0.15) is 5.69 Å². The molecule has 23 heavy (non-hydrogen) atoms. The first-order valence-electron chi connectivity index (χ1n) is 5.98. The number of benzene rings is 1. The molecule has 0 bridgehead atoms. The molecule has 1 heterocycles. The SMILES string of the molecule is O=C(CSc1nccc(=O)[nH]1)Nc1c(Br)cc(Br)cc1[N+](=O)[O-]. The molecule has 0 saturated carbocycles. The Kier molecular flexibility index (Phi) is 5.91. The summed E-state index contributed by atoms with van der Waals surface area (Å²) in [5.41, 5.74) is -0.497. The number of halogens is 2. The van der Waals surface area contributed by atoms with Crippen LogP contribution in [0.3, 0.4) is 0 Å². The number of H-pyrrole nitrogens is 1. The average Bonchev–Trinajstić information content (AvgIpc) is 2.47. The number of nitro benzene ring substituents is 1. The maximum absolute atomic E-state index is 12.0. The van der Waals surface area contributed by atoms with Gasteiger partial charge in [0.05, 0.1) is 10.7 Å². The molecule has 0 atom stereocenters. The van der Waals surface area contributed by atoms with E-state index in [9.17, 15) is 19.7 Å². The van der Waals surface area contributed by atoms with Crippen molar-refractivity contribution in [2.24, 2.45) is 0 Å². The summed E-state index contributed by atoms with van der Waals surface area (Å²) in [5.74, 6) is -0.528. The summed E-state index contributed by atoms with van der Waals surface area (Å²) in [5, 5.41) is 13.9. The van der Waals surface area contributed by atoms with E-state index in [4.69, 9.17) is 0 Å². The van der Waals surface area contributed by atoms with E-state index in [2.05, 4.69) is 47.1 Å². The van der Waals surface area contributed by atoms with Crippen LogP contribution in [0.15, 0.2) is 43.3 Å². The second kappa shape index (κ2) is 7.70. The molecule has 0 fully saturated rings. The molecule has 0 unspecified atom stereocenters. The Morgan fingerprint density at radius 2 is 2.17 bits per heavy atom. The van der Waals surface area contributed by atoms with Crippen LogP contribution < -0.4 is 10.9 Å². The number of thioether (sulfide) groups is 1. The van der Waals surface area contributed by atoms with Gasteiger partial charge in [0.2, 0.25) is 5.91 Å². The third-order valence-corrected chi connectivity index (χ3v) is 4.45. The summed E-state index contributed by atoms with van der Waals surface area (Å²) < 4.78 is 0.887. The molecule has 0 aliphatic carbocycles. The fraction of sp³-hybridized carbons (Fsp3) is 0.0833. The van der Waals surface area contributed by atoms with Crippen LogP contribution in [0.5, 0.6) is 0 Å². The Morgan fingerprint density at radius 1 is 1.43 bits per heavy atom. The van der Waals surface area contributed by atoms with Gasteiger partial charge in [-0.05, 0) is 22.0 Å². The molecule has 0 radical (unpaired) electrons. The van der Waals surface area contributed by atoms with E-state index in [0.29, 0.717) is 8.95 Å². The number of carbonyl (C=O) groups excluding carboxylic acids is 1. The van der Waals surface area contributed by atoms with Crippen LogP contribution in [0, 0.1) is 10.1 Å². The van der Waals surface area contributed by atoms with E-state index < -0.39 is 10.8 Å². The van der Waals surface area contributed by atoms with Gasteiger partial charge in [-0.25, -0.2) is 4.98 Å². The Hall–Kier alpha value is -1.72. The molecular weight excluding hydrogens is 456 g/mol. The molecule has 0 spiro atoms. The zero-order valence-electron chi connectivity index (χ0n) is 11.2. The molecule has 2 aromatic rings. The summed E-state index contributed by atoms with van der Waals surface area (Å²) >= 11 is 7.35. The lowest BCUT2D eigenvalue weighted by atomic mass is 10.2. The molecule has 11 heteroatoms. The van der Waals surface area contributed by atoms with Crippen LogP contribution >= 0.6 is 43.6 Å². The standard InChI is InChI=1S/C12H8Br2N4O4S/c13-6-3-7(14)11(8(4-6)18(21)22)16-10(20)5-23-12-15-2-1-9(19)17-12/h1-4H,5H2,(H,16,20)(H,15,17,19). The minimum absolute atomic E-state index is 0.0629. The van der Waals surface area contributed by atoms with Crippen LogP contribution in [0.25, 0.3) is 0 Å². The van der Waals surface area contributed by atoms with Crippen molar-refractivity contribution in [3.8, 4) is 0 Å². The van der Waals surface area contributed by atoms with Gasteiger partial charge >= 0.3 is 0 Å². The van der Waals surface area contributed by atoms with E-state index in [0.717, 1.165) is 11.8 Å². The molecule has 1 amide bonds. The molecular formula is C12H8Br2N4O4S. The molecule has 2 N–H and O–H groups in total. The fourth-order valence-corrected chi connectivity index (χ4v) is 3.51. The zero-order chi connectivity index (χ0) is 17.0. The van der Waals surface area contributed by atoms with Gasteiger partial charge in [-0.2, -0.15) is 0 Å². The van der Waals surface area contributed by atoms with E-state index in [1.807, 2.05) is 0 Å². The van der Waals surface area contributed by atoms with E-state index in [-0.39, 0.29) is 27.8 Å². The lowest BCUT2D eigenvalue weighted by Crippen LogP contribution is -2.16. The molecule has 1 aromatic heterocycles. The lowest BCUT2D eigenvalue weighted by molar-refractivity contribution is -0.384.